The van der Waals surface area contributed by atoms with E-state index in [1.807, 2.05) is 22.6 Å². The first-order chi connectivity index (χ1) is 9.91. The van der Waals surface area contributed by atoms with Gasteiger partial charge in [-0.25, -0.2) is 16.8 Å². The molecule has 3 aromatic rings. The molecule has 3 nitrogen and oxygen atoms in total. The Bertz CT molecular complexity index is 939. The standard InChI is InChI=1S/C14H8BrFINO2S/c15-11-8-13-9(6-12(11)16)7-14(17)18(13)21(19,20)10-4-2-1-3-5-10/h1-8H. The van der Waals surface area contributed by atoms with Gasteiger partial charge in [0.25, 0.3) is 10.0 Å². The van der Waals surface area contributed by atoms with E-state index in [2.05, 4.69) is 15.9 Å². The molecule has 0 saturated carbocycles. The fourth-order valence-electron chi connectivity index (χ4n) is 2.09. The van der Waals surface area contributed by atoms with Crippen LogP contribution in [0.4, 0.5) is 4.39 Å². The lowest BCUT2D eigenvalue weighted by molar-refractivity contribution is 0.588. The Morgan fingerprint density at radius 3 is 2.43 bits per heavy atom. The van der Waals surface area contributed by atoms with E-state index >= 15 is 0 Å². The van der Waals surface area contributed by atoms with Gasteiger partial charge in [-0.3, -0.25) is 0 Å². The van der Waals surface area contributed by atoms with Gasteiger partial charge in [0, 0.05) is 5.39 Å². The Labute approximate surface area is 143 Å². The zero-order valence-electron chi connectivity index (χ0n) is 10.4. The average Bonchev–Trinajstić information content (AvgIpc) is 2.76. The van der Waals surface area contributed by atoms with Crippen LogP contribution in [0.25, 0.3) is 10.9 Å². The molecule has 0 unspecified atom stereocenters. The summed E-state index contributed by atoms with van der Waals surface area (Å²) < 4.78 is 41.1. The van der Waals surface area contributed by atoms with Crippen LogP contribution < -0.4 is 0 Å². The van der Waals surface area contributed by atoms with E-state index in [0.717, 1.165) is 0 Å². The SMILES string of the molecule is O=S(=O)(c1ccccc1)n1c(I)cc2cc(F)c(Br)cc21. The molecule has 108 valence electrons. The third-order valence-electron chi connectivity index (χ3n) is 3.04. The molecular formula is C14H8BrFINO2S. The number of fused-ring (bicyclic) bond motifs is 1. The lowest BCUT2D eigenvalue weighted by Gasteiger charge is -2.09. The lowest BCUT2D eigenvalue weighted by Crippen LogP contribution is -2.14. The van der Waals surface area contributed by atoms with Gasteiger partial charge in [-0.15, -0.1) is 0 Å². The molecule has 0 aliphatic heterocycles. The van der Waals surface area contributed by atoms with Crippen molar-refractivity contribution in [2.45, 2.75) is 4.90 Å². The smallest absolute Gasteiger partial charge is 0.228 e. The van der Waals surface area contributed by atoms with Crippen molar-refractivity contribution in [2.24, 2.45) is 0 Å². The molecule has 0 N–H and O–H groups in total. The third-order valence-corrected chi connectivity index (χ3v) is 6.51. The first-order valence-electron chi connectivity index (χ1n) is 5.88. The second kappa shape index (κ2) is 5.36. The summed E-state index contributed by atoms with van der Waals surface area (Å²) in [5.74, 6) is -0.423. The van der Waals surface area contributed by atoms with Crippen molar-refractivity contribution in [1.29, 1.82) is 0 Å². The van der Waals surface area contributed by atoms with E-state index in [4.69, 9.17) is 0 Å². The third kappa shape index (κ3) is 2.51. The highest BCUT2D eigenvalue weighted by molar-refractivity contribution is 14.1. The topological polar surface area (TPSA) is 39.1 Å². The summed E-state index contributed by atoms with van der Waals surface area (Å²) in [7, 11) is -3.72. The van der Waals surface area contributed by atoms with Crippen LogP contribution in [0.1, 0.15) is 0 Å². The summed E-state index contributed by atoms with van der Waals surface area (Å²) in [5, 5.41) is 0.541. The van der Waals surface area contributed by atoms with Crippen LogP contribution in [0.3, 0.4) is 0 Å². The summed E-state index contributed by atoms with van der Waals surface area (Å²) >= 11 is 5.03. The normalized spacial score (nSPS) is 12.0. The first-order valence-corrected chi connectivity index (χ1v) is 9.19. The summed E-state index contributed by atoms with van der Waals surface area (Å²) in [6.07, 6.45) is 0. The summed E-state index contributed by atoms with van der Waals surface area (Å²) in [4.78, 5) is 0.195. The predicted octanol–water partition coefficient (Wildman–Crippen LogP) is 4.38. The fourth-order valence-corrected chi connectivity index (χ4v) is 5.20. The van der Waals surface area contributed by atoms with Gasteiger partial charge >= 0.3 is 0 Å². The van der Waals surface area contributed by atoms with Crippen molar-refractivity contribution in [3.63, 3.8) is 0 Å². The van der Waals surface area contributed by atoms with Gasteiger partial charge in [-0.2, -0.15) is 0 Å². The molecule has 0 radical (unpaired) electrons. The number of halogens is 3. The molecule has 7 heteroatoms. The lowest BCUT2D eigenvalue weighted by atomic mass is 10.2. The average molecular weight is 480 g/mol. The van der Waals surface area contributed by atoms with E-state index in [1.54, 1.807) is 24.3 Å². The molecule has 0 aliphatic carbocycles. The van der Waals surface area contributed by atoms with Gasteiger partial charge in [0.05, 0.1) is 18.6 Å². The van der Waals surface area contributed by atoms with Crippen molar-refractivity contribution in [2.75, 3.05) is 0 Å². The fraction of sp³-hybridized carbons (Fsp3) is 0. The minimum absolute atomic E-state index is 0.195. The van der Waals surface area contributed by atoms with E-state index in [9.17, 15) is 12.8 Å². The van der Waals surface area contributed by atoms with Crippen LogP contribution >= 0.6 is 38.5 Å². The maximum atomic E-state index is 13.6. The van der Waals surface area contributed by atoms with Crippen molar-refractivity contribution < 1.29 is 12.8 Å². The molecule has 2 aromatic carbocycles. The van der Waals surface area contributed by atoms with Crippen molar-refractivity contribution >= 4 is 59.4 Å². The molecule has 0 bridgehead atoms. The van der Waals surface area contributed by atoms with Crippen LogP contribution in [0, 0.1) is 9.52 Å². The Balaban J connectivity index is 2.35. The number of hydrogen-bond donors (Lipinski definition) is 0. The summed E-state index contributed by atoms with van der Waals surface area (Å²) in [6, 6.07) is 12.6. The molecule has 0 saturated heterocycles. The molecule has 1 heterocycles. The molecule has 1 aromatic heterocycles. The summed E-state index contributed by atoms with van der Waals surface area (Å²) in [5.41, 5.74) is 0.441. The maximum Gasteiger partial charge on any atom is 0.269 e. The van der Waals surface area contributed by atoms with Gasteiger partial charge < -0.3 is 0 Å². The predicted molar refractivity (Wildman–Crippen MR) is 91.3 cm³/mol. The molecular weight excluding hydrogens is 472 g/mol. The molecule has 0 atom stereocenters. The van der Waals surface area contributed by atoms with E-state index in [0.29, 0.717) is 14.6 Å². The molecule has 0 aliphatic rings. The van der Waals surface area contributed by atoms with Gasteiger partial charge in [-0.1, -0.05) is 18.2 Å². The van der Waals surface area contributed by atoms with Crippen molar-refractivity contribution in [3.05, 3.63) is 62.5 Å². The van der Waals surface area contributed by atoms with Crippen molar-refractivity contribution in [3.8, 4) is 0 Å². The number of aromatic nitrogens is 1. The minimum Gasteiger partial charge on any atom is -0.228 e. The Hall–Kier alpha value is -0.930. The largest absolute Gasteiger partial charge is 0.269 e. The zero-order valence-corrected chi connectivity index (χ0v) is 15.0. The Morgan fingerprint density at radius 1 is 1.10 bits per heavy atom. The number of benzene rings is 2. The number of rotatable bonds is 2. The van der Waals surface area contributed by atoms with Crippen LogP contribution in [0.5, 0.6) is 0 Å². The highest BCUT2D eigenvalue weighted by Crippen LogP contribution is 2.30. The quantitative estimate of drug-likeness (QED) is 0.511. The minimum atomic E-state index is -3.72. The Kier molecular flexibility index (Phi) is 3.83. The molecule has 0 spiro atoms. The highest BCUT2D eigenvalue weighted by atomic mass is 127. The van der Waals surface area contributed by atoms with E-state index in [-0.39, 0.29) is 9.37 Å². The molecule has 0 fully saturated rings. The number of nitrogens with zero attached hydrogens (tertiary/aromatic N) is 1. The van der Waals surface area contributed by atoms with E-state index in [1.165, 1.54) is 28.2 Å². The van der Waals surface area contributed by atoms with Crippen LogP contribution in [-0.4, -0.2) is 12.4 Å². The second-order valence-corrected chi connectivity index (χ2v) is 8.12. The Morgan fingerprint density at radius 2 is 1.76 bits per heavy atom. The van der Waals surface area contributed by atoms with Gasteiger partial charge in [0.2, 0.25) is 0 Å². The van der Waals surface area contributed by atoms with Crippen molar-refractivity contribution in [1.82, 2.24) is 3.97 Å². The zero-order chi connectivity index (χ0) is 15.2. The van der Waals surface area contributed by atoms with Crippen LogP contribution in [0.15, 0.2) is 57.9 Å². The van der Waals surface area contributed by atoms with Crippen LogP contribution in [0.2, 0.25) is 0 Å². The molecule has 0 amide bonds. The van der Waals surface area contributed by atoms with Crippen LogP contribution in [-0.2, 0) is 10.0 Å². The highest BCUT2D eigenvalue weighted by Gasteiger charge is 2.22. The van der Waals surface area contributed by atoms with E-state index < -0.39 is 15.8 Å². The number of hydrogen-bond acceptors (Lipinski definition) is 2. The molecule has 21 heavy (non-hydrogen) atoms. The monoisotopic (exact) mass is 479 g/mol. The second-order valence-electron chi connectivity index (χ2n) is 4.37. The molecule has 3 rings (SSSR count). The summed E-state index contributed by atoms with van der Waals surface area (Å²) in [6.45, 7) is 0. The van der Waals surface area contributed by atoms with Gasteiger partial charge in [0.15, 0.2) is 0 Å². The van der Waals surface area contributed by atoms with Gasteiger partial charge in [0.1, 0.15) is 5.82 Å². The maximum absolute atomic E-state index is 13.6. The van der Waals surface area contributed by atoms with Gasteiger partial charge in [-0.05, 0) is 68.9 Å². The first kappa shape index (κ1) is 15.0.